The van der Waals surface area contributed by atoms with Gasteiger partial charge in [-0.15, -0.1) is 6.92 Å². The molecular formula is C9H17O4PVW-2. The van der Waals surface area contributed by atoms with Gasteiger partial charge in [-0.1, -0.05) is 0 Å². The predicted octanol–water partition coefficient (Wildman–Crippen LogP) is 3.30. The molecule has 2 unspecified atom stereocenters. The van der Waals surface area contributed by atoms with Crippen LogP contribution in [-0.4, -0.2) is 5.60 Å². The van der Waals surface area contributed by atoms with Gasteiger partial charge in [-0.05, 0) is 20.8 Å². The van der Waals surface area contributed by atoms with Crippen LogP contribution in [0.1, 0.15) is 34.6 Å². The van der Waals surface area contributed by atoms with Gasteiger partial charge >= 0.3 is 7.82 Å². The van der Waals surface area contributed by atoms with Crippen LogP contribution in [0.15, 0.2) is 0 Å². The monoisotopic (exact) mass is 455 g/mol. The Bertz CT molecular complexity index is 256. The molecule has 0 bridgehead atoms. The molecule has 16 heavy (non-hydrogen) atoms. The molecule has 0 aromatic rings. The molecule has 1 aliphatic rings. The van der Waals surface area contributed by atoms with E-state index in [2.05, 4.69) is 0 Å². The first-order valence-corrected chi connectivity index (χ1v) is 6.03. The van der Waals surface area contributed by atoms with E-state index < -0.39 is 13.4 Å². The maximum Gasteiger partial charge on any atom is 0.414 e. The first-order chi connectivity index (χ1) is 6.22. The van der Waals surface area contributed by atoms with Crippen LogP contribution in [-0.2, 0) is 57.8 Å². The fourth-order valence-electron chi connectivity index (χ4n) is 0.918. The minimum absolute atomic E-state index is 0. The van der Waals surface area contributed by atoms with Gasteiger partial charge in [0.05, 0.1) is 5.60 Å². The molecule has 4 nitrogen and oxygen atoms in total. The second-order valence-electron chi connectivity index (χ2n) is 4.38. The van der Waals surface area contributed by atoms with Crippen molar-refractivity contribution in [2.24, 2.45) is 5.92 Å². The predicted molar refractivity (Wildman–Crippen MR) is 53.0 cm³/mol. The molecule has 1 fully saturated rings. The quantitative estimate of drug-likeness (QED) is 0.450. The molecule has 1 radical (unpaired) electrons. The minimum atomic E-state index is -3.42. The van der Waals surface area contributed by atoms with Gasteiger partial charge in [-0.2, -0.15) is 6.92 Å². The number of hydrogen-bond donors (Lipinski definition) is 0. The topological polar surface area (TPSA) is 44.8 Å². The third-order valence-corrected chi connectivity index (χ3v) is 3.34. The molecule has 1 saturated heterocycles. The van der Waals surface area contributed by atoms with E-state index in [1.54, 1.807) is 27.7 Å². The van der Waals surface area contributed by atoms with Crippen molar-refractivity contribution in [2.75, 3.05) is 0 Å². The van der Waals surface area contributed by atoms with Crippen LogP contribution in [0.3, 0.4) is 0 Å². The van der Waals surface area contributed by atoms with E-state index in [0.29, 0.717) is 6.10 Å². The average Bonchev–Trinajstić information content (AvgIpc) is 1.94. The number of rotatable bonds is 1. The molecule has 0 spiro atoms. The Morgan fingerprint density at radius 3 is 2.31 bits per heavy atom. The van der Waals surface area contributed by atoms with Crippen LogP contribution in [0.25, 0.3) is 0 Å². The third kappa shape index (κ3) is 6.35. The molecule has 2 atom stereocenters. The third-order valence-electron chi connectivity index (χ3n) is 1.68. The summed E-state index contributed by atoms with van der Waals surface area (Å²) in [4.78, 5) is 0. The van der Waals surface area contributed by atoms with E-state index in [-0.39, 0.29) is 45.5 Å². The molecule has 0 amide bonds. The summed E-state index contributed by atoms with van der Waals surface area (Å²) in [6.45, 7) is 10.6. The summed E-state index contributed by atoms with van der Waals surface area (Å²) in [5.41, 5.74) is -0.551. The first-order valence-electron chi connectivity index (χ1n) is 4.57. The Labute approximate surface area is 124 Å². The van der Waals surface area contributed by atoms with Crippen LogP contribution in [0.4, 0.5) is 0 Å². The number of phosphoric ester groups is 1. The number of phosphoric acid groups is 1. The number of hydrogen-bond acceptors (Lipinski definition) is 4. The van der Waals surface area contributed by atoms with Gasteiger partial charge in [0, 0.05) is 39.6 Å². The largest absolute Gasteiger partial charge is 0.468 e. The molecular weight excluding hydrogens is 438 g/mol. The summed E-state index contributed by atoms with van der Waals surface area (Å²) in [6, 6.07) is 0. The van der Waals surface area contributed by atoms with Crippen LogP contribution in [0.2, 0.25) is 0 Å². The van der Waals surface area contributed by atoms with Crippen molar-refractivity contribution in [2.45, 2.75) is 40.2 Å². The van der Waals surface area contributed by atoms with Gasteiger partial charge in [0.15, 0.2) is 0 Å². The molecule has 0 aliphatic carbocycles. The van der Waals surface area contributed by atoms with Gasteiger partial charge < -0.3 is 9.05 Å². The van der Waals surface area contributed by atoms with Gasteiger partial charge in [0.2, 0.25) is 0 Å². The summed E-state index contributed by atoms with van der Waals surface area (Å²) in [6.07, 6.45) is 0.656. The Morgan fingerprint density at radius 2 is 1.94 bits per heavy atom. The average molecular weight is 455 g/mol. The molecule has 0 N–H and O–H groups in total. The molecule has 7 heteroatoms. The van der Waals surface area contributed by atoms with E-state index in [4.69, 9.17) is 13.6 Å². The van der Waals surface area contributed by atoms with E-state index in [1.165, 1.54) is 6.61 Å². The van der Waals surface area contributed by atoms with Crippen molar-refractivity contribution in [1.29, 1.82) is 0 Å². The van der Waals surface area contributed by atoms with Gasteiger partial charge in [-0.3, -0.25) is 10.4 Å². The standard InChI is InChI=1S/C9H17O4P.V.W/c1-7-6-11-14(10,12-8(7)2)13-9(3,4)5;;/h6-7H,1-5H3;;/q-2;;. The maximum atomic E-state index is 11.9. The fourth-order valence-corrected chi connectivity index (χ4v) is 2.56. The van der Waals surface area contributed by atoms with Crippen LogP contribution < -0.4 is 0 Å². The SMILES string of the molecule is C[C-]1OP(=O)(OC(C)(C)C)O[CH-]C1C.[V].[W]. The molecule has 95 valence electrons. The van der Waals surface area contributed by atoms with E-state index in [9.17, 15) is 4.57 Å². The maximum absolute atomic E-state index is 11.9. The second kappa shape index (κ2) is 7.09. The fraction of sp³-hybridized carbons (Fsp3) is 0.778. The molecule has 0 aromatic heterocycles. The van der Waals surface area contributed by atoms with Crippen LogP contribution >= 0.6 is 7.82 Å². The summed E-state index contributed by atoms with van der Waals surface area (Å²) < 4.78 is 27.3. The Kier molecular flexibility index (Phi) is 8.74. The summed E-state index contributed by atoms with van der Waals surface area (Å²) in [5.74, 6) is 0.0423. The second-order valence-corrected chi connectivity index (χ2v) is 5.85. The van der Waals surface area contributed by atoms with E-state index >= 15 is 0 Å². The summed E-state index contributed by atoms with van der Waals surface area (Å²) >= 11 is 0. The Hall–Kier alpha value is 1.38. The molecule has 1 heterocycles. The Morgan fingerprint density at radius 1 is 1.44 bits per heavy atom. The molecule has 0 aromatic carbocycles. The zero-order chi connectivity index (χ0) is 11.0. The minimum Gasteiger partial charge on any atom is -0.468 e. The smallest absolute Gasteiger partial charge is 0.414 e. The molecule has 0 saturated carbocycles. The van der Waals surface area contributed by atoms with Gasteiger partial charge in [0.25, 0.3) is 0 Å². The first kappa shape index (κ1) is 19.7. The van der Waals surface area contributed by atoms with E-state index in [0.717, 1.165) is 0 Å². The van der Waals surface area contributed by atoms with Crippen molar-refractivity contribution < 1.29 is 57.8 Å². The zero-order valence-corrected chi connectivity index (χ0v) is 15.3. The normalized spacial score (nSPS) is 31.4. The van der Waals surface area contributed by atoms with Crippen molar-refractivity contribution in [3.63, 3.8) is 0 Å². The van der Waals surface area contributed by atoms with Crippen LogP contribution in [0.5, 0.6) is 0 Å². The van der Waals surface area contributed by atoms with Crippen LogP contribution in [0, 0.1) is 18.6 Å². The van der Waals surface area contributed by atoms with Crippen molar-refractivity contribution in [3.8, 4) is 0 Å². The van der Waals surface area contributed by atoms with Crippen molar-refractivity contribution in [1.82, 2.24) is 0 Å². The van der Waals surface area contributed by atoms with Crippen molar-refractivity contribution >= 4 is 7.82 Å². The zero-order valence-electron chi connectivity index (χ0n) is 10.1. The van der Waals surface area contributed by atoms with Gasteiger partial charge in [-0.25, -0.2) is 17.3 Å². The van der Waals surface area contributed by atoms with Crippen molar-refractivity contribution in [3.05, 3.63) is 12.7 Å². The van der Waals surface area contributed by atoms with E-state index in [1.807, 2.05) is 6.92 Å². The Balaban J connectivity index is 0. The summed E-state index contributed by atoms with van der Waals surface area (Å²) in [7, 11) is -3.42. The molecule has 1 aliphatic heterocycles. The molecule has 1 rings (SSSR count). The van der Waals surface area contributed by atoms with Gasteiger partial charge in [0.1, 0.15) is 0 Å². The summed E-state index contributed by atoms with van der Waals surface area (Å²) in [5, 5.41) is 0.